The van der Waals surface area contributed by atoms with Crippen molar-refractivity contribution in [3.8, 4) is 0 Å². The first-order chi connectivity index (χ1) is 6.52. The van der Waals surface area contributed by atoms with Crippen LogP contribution in [0.1, 0.15) is 44.2 Å². The van der Waals surface area contributed by atoms with Gasteiger partial charge in [0.2, 0.25) is 0 Å². The maximum atomic E-state index is 3.63. The smallest absolute Gasteiger partial charge is 0.0390 e. The topological polar surface area (TPSA) is 12.0 Å². The average Bonchev–Trinajstić information content (AvgIpc) is 2.51. The van der Waals surface area contributed by atoms with Crippen LogP contribution in [0.15, 0.2) is 11.4 Å². The number of hydrogen-bond donors (Lipinski definition) is 1. The van der Waals surface area contributed by atoms with E-state index < -0.39 is 0 Å². The standard InChI is InChI=1S/C12H21NS/c1-8(2)10(4)13-11(5)12-9(3)6-7-14-12/h6-8,10-11,13H,1-5H3/t10-,11+/m1/s1. The average molecular weight is 211 g/mol. The van der Waals surface area contributed by atoms with Crippen molar-refractivity contribution in [1.29, 1.82) is 0 Å². The van der Waals surface area contributed by atoms with Gasteiger partial charge in [0.25, 0.3) is 0 Å². The molecule has 0 aliphatic heterocycles. The first-order valence-electron chi connectivity index (χ1n) is 5.32. The predicted octanol–water partition coefficient (Wildman–Crippen LogP) is 3.75. The Labute approximate surface area is 91.5 Å². The molecule has 1 heterocycles. The zero-order chi connectivity index (χ0) is 10.7. The van der Waals surface area contributed by atoms with Gasteiger partial charge in [-0.3, -0.25) is 0 Å². The van der Waals surface area contributed by atoms with Crippen LogP contribution in [0.5, 0.6) is 0 Å². The highest BCUT2D eigenvalue weighted by Crippen LogP contribution is 2.24. The van der Waals surface area contributed by atoms with E-state index in [9.17, 15) is 0 Å². The quantitative estimate of drug-likeness (QED) is 0.799. The van der Waals surface area contributed by atoms with Crippen LogP contribution in [0.2, 0.25) is 0 Å². The third kappa shape index (κ3) is 2.82. The fourth-order valence-electron chi connectivity index (χ4n) is 1.49. The van der Waals surface area contributed by atoms with E-state index in [0.717, 1.165) is 0 Å². The second-order valence-corrected chi connectivity index (χ2v) is 5.34. The van der Waals surface area contributed by atoms with E-state index in [2.05, 4.69) is 51.4 Å². The monoisotopic (exact) mass is 211 g/mol. The maximum absolute atomic E-state index is 3.63. The number of rotatable bonds is 4. The Morgan fingerprint density at radius 3 is 2.29 bits per heavy atom. The van der Waals surface area contributed by atoms with E-state index in [0.29, 0.717) is 18.0 Å². The minimum Gasteiger partial charge on any atom is -0.307 e. The summed E-state index contributed by atoms with van der Waals surface area (Å²) >= 11 is 1.85. The molecule has 80 valence electrons. The lowest BCUT2D eigenvalue weighted by Crippen LogP contribution is -2.32. The van der Waals surface area contributed by atoms with Crippen molar-refractivity contribution in [2.45, 2.75) is 46.7 Å². The zero-order valence-corrected chi connectivity index (χ0v) is 10.6. The summed E-state index contributed by atoms with van der Waals surface area (Å²) in [6, 6.07) is 3.25. The van der Waals surface area contributed by atoms with E-state index in [1.807, 2.05) is 11.3 Å². The third-order valence-electron chi connectivity index (χ3n) is 2.81. The van der Waals surface area contributed by atoms with Crippen molar-refractivity contribution in [2.75, 3.05) is 0 Å². The van der Waals surface area contributed by atoms with Crippen LogP contribution in [0.25, 0.3) is 0 Å². The van der Waals surface area contributed by atoms with Crippen LogP contribution in [0.4, 0.5) is 0 Å². The van der Waals surface area contributed by atoms with Crippen molar-refractivity contribution in [2.24, 2.45) is 5.92 Å². The van der Waals surface area contributed by atoms with Gasteiger partial charge in [-0.2, -0.15) is 0 Å². The minimum absolute atomic E-state index is 0.479. The van der Waals surface area contributed by atoms with Gasteiger partial charge >= 0.3 is 0 Å². The molecule has 0 fully saturated rings. The summed E-state index contributed by atoms with van der Waals surface area (Å²) < 4.78 is 0. The molecule has 1 rings (SSSR count). The summed E-state index contributed by atoms with van der Waals surface area (Å²) in [5.41, 5.74) is 1.41. The van der Waals surface area contributed by atoms with Crippen LogP contribution < -0.4 is 5.32 Å². The summed E-state index contributed by atoms with van der Waals surface area (Å²) in [4.78, 5) is 1.47. The molecule has 0 spiro atoms. The highest BCUT2D eigenvalue weighted by atomic mass is 32.1. The molecule has 1 aromatic rings. The molecule has 2 atom stereocenters. The molecule has 14 heavy (non-hydrogen) atoms. The van der Waals surface area contributed by atoms with Crippen LogP contribution in [-0.4, -0.2) is 6.04 Å². The Bertz CT molecular complexity index is 278. The molecule has 0 unspecified atom stereocenters. The van der Waals surface area contributed by atoms with Gasteiger partial charge in [0.1, 0.15) is 0 Å². The lowest BCUT2D eigenvalue weighted by Gasteiger charge is -2.22. The molecule has 0 aliphatic rings. The normalized spacial score (nSPS) is 15.9. The second-order valence-electron chi connectivity index (χ2n) is 4.39. The largest absolute Gasteiger partial charge is 0.307 e. The fraction of sp³-hybridized carbons (Fsp3) is 0.667. The van der Waals surface area contributed by atoms with E-state index in [-0.39, 0.29) is 0 Å². The molecular formula is C12H21NS. The molecule has 2 heteroatoms. The van der Waals surface area contributed by atoms with Gasteiger partial charge in [-0.05, 0) is 43.7 Å². The second kappa shape index (κ2) is 4.94. The number of aryl methyl sites for hydroxylation is 1. The van der Waals surface area contributed by atoms with Gasteiger partial charge < -0.3 is 5.32 Å². The fourth-order valence-corrected chi connectivity index (χ4v) is 2.44. The van der Waals surface area contributed by atoms with Gasteiger partial charge in [0.15, 0.2) is 0 Å². The van der Waals surface area contributed by atoms with Gasteiger partial charge in [0, 0.05) is 17.0 Å². The Morgan fingerprint density at radius 1 is 1.21 bits per heavy atom. The Kier molecular flexibility index (Phi) is 4.14. The molecule has 1 nitrogen and oxygen atoms in total. The molecule has 1 N–H and O–H groups in total. The van der Waals surface area contributed by atoms with Crippen molar-refractivity contribution in [3.63, 3.8) is 0 Å². The molecule has 0 bridgehead atoms. The van der Waals surface area contributed by atoms with Gasteiger partial charge in [-0.25, -0.2) is 0 Å². The Morgan fingerprint density at radius 2 is 1.86 bits per heavy atom. The van der Waals surface area contributed by atoms with Crippen LogP contribution in [0, 0.1) is 12.8 Å². The third-order valence-corrected chi connectivity index (χ3v) is 4.01. The first kappa shape index (κ1) is 11.7. The van der Waals surface area contributed by atoms with Crippen LogP contribution in [0.3, 0.4) is 0 Å². The first-order valence-corrected chi connectivity index (χ1v) is 6.20. The number of hydrogen-bond acceptors (Lipinski definition) is 2. The number of thiophene rings is 1. The highest BCUT2D eigenvalue weighted by Gasteiger charge is 2.14. The minimum atomic E-state index is 0.479. The molecular weight excluding hydrogens is 190 g/mol. The van der Waals surface area contributed by atoms with Crippen molar-refractivity contribution in [3.05, 3.63) is 21.9 Å². The maximum Gasteiger partial charge on any atom is 0.0390 e. The Balaban J connectivity index is 2.59. The van der Waals surface area contributed by atoms with E-state index in [4.69, 9.17) is 0 Å². The van der Waals surface area contributed by atoms with E-state index in [1.165, 1.54) is 10.4 Å². The molecule has 0 aromatic carbocycles. The molecule has 0 saturated carbocycles. The lowest BCUT2D eigenvalue weighted by molar-refractivity contribution is 0.391. The summed E-state index contributed by atoms with van der Waals surface area (Å²) in [6.45, 7) is 11.2. The SMILES string of the molecule is Cc1ccsc1[C@H](C)N[C@H](C)C(C)C. The molecule has 0 saturated heterocycles. The summed E-state index contributed by atoms with van der Waals surface area (Å²) in [5.74, 6) is 0.692. The van der Waals surface area contributed by atoms with Gasteiger partial charge in [-0.1, -0.05) is 13.8 Å². The lowest BCUT2D eigenvalue weighted by atomic mass is 10.0. The molecule has 0 aliphatic carbocycles. The van der Waals surface area contributed by atoms with Gasteiger partial charge in [-0.15, -0.1) is 11.3 Å². The summed E-state index contributed by atoms with van der Waals surface area (Å²) in [5, 5.41) is 5.80. The van der Waals surface area contributed by atoms with Crippen LogP contribution >= 0.6 is 11.3 Å². The summed E-state index contributed by atoms with van der Waals surface area (Å²) in [7, 11) is 0. The van der Waals surface area contributed by atoms with Crippen molar-refractivity contribution < 1.29 is 0 Å². The predicted molar refractivity (Wildman–Crippen MR) is 64.9 cm³/mol. The Hall–Kier alpha value is -0.340. The highest BCUT2D eigenvalue weighted by molar-refractivity contribution is 7.10. The molecule has 0 radical (unpaired) electrons. The van der Waals surface area contributed by atoms with Gasteiger partial charge in [0.05, 0.1) is 0 Å². The van der Waals surface area contributed by atoms with Crippen LogP contribution in [-0.2, 0) is 0 Å². The summed E-state index contributed by atoms with van der Waals surface area (Å²) in [6.07, 6.45) is 0. The van der Waals surface area contributed by atoms with E-state index in [1.54, 1.807) is 0 Å². The molecule has 0 amide bonds. The van der Waals surface area contributed by atoms with E-state index >= 15 is 0 Å². The van der Waals surface area contributed by atoms with Crippen molar-refractivity contribution in [1.82, 2.24) is 5.32 Å². The van der Waals surface area contributed by atoms with Crippen molar-refractivity contribution >= 4 is 11.3 Å². The molecule has 1 aromatic heterocycles. The number of nitrogens with one attached hydrogen (secondary N) is 1. The zero-order valence-electron chi connectivity index (χ0n) is 9.79.